The van der Waals surface area contributed by atoms with Gasteiger partial charge in [-0.05, 0) is 137 Å². The third-order valence-corrected chi connectivity index (χ3v) is 25.9. The van der Waals surface area contributed by atoms with Crippen molar-refractivity contribution in [1.82, 2.24) is 14.7 Å². The Hall–Kier alpha value is -4.54. The first-order valence-corrected chi connectivity index (χ1v) is 44.1. The molecule has 3 aliphatic carbocycles. The van der Waals surface area contributed by atoms with E-state index >= 15 is 0 Å². The number of hydrogen-bond acceptors (Lipinski definition) is 8. The van der Waals surface area contributed by atoms with Crippen LogP contribution in [-0.2, 0) is 19.2 Å². The summed E-state index contributed by atoms with van der Waals surface area (Å²) in [5.41, 5.74) is 1.22. The molecule has 2 saturated carbocycles. The molecule has 8 unspecified atom stereocenters. The normalized spacial score (nSPS) is 22.2. The van der Waals surface area contributed by atoms with Crippen molar-refractivity contribution in [3.05, 3.63) is 58.7 Å². The molecule has 8 atom stereocenters. The van der Waals surface area contributed by atoms with Crippen LogP contribution in [0.5, 0.6) is 0 Å². The Bertz CT molecular complexity index is 2640. The summed E-state index contributed by atoms with van der Waals surface area (Å²) in [4.78, 5) is 108. The van der Waals surface area contributed by atoms with Gasteiger partial charge in [-0.1, -0.05) is 317 Å². The monoisotopic (exact) mass is 1410 g/mol. The number of amides is 6. The molecule has 102 heavy (non-hydrogen) atoms. The predicted octanol–water partition coefficient (Wildman–Crippen LogP) is 24.4. The van der Waals surface area contributed by atoms with E-state index < -0.39 is 5.92 Å². The zero-order valence-electron chi connectivity index (χ0n) is 65.7. The number of nitrogens with zero attached hydrogens (tertiary/aromatic N) is 3. The molecule has 1 aromatic rings. The highest BCUT2D eigenvalue weighted by Crippen LogP contribution is 2.50. The summed E-state index contributed by atoms with van der Waals surface area (Å²) in [7, 11) is 0. The topological polar surface area (TPSA) is 146 Å². The van der Waals surface area contributed by atoms with E-state index in [2.05, 4.69) is 27.7 Å². The molecule has 6 aliphatic rings. The maximum Gasteiger partial charge on any atom is 0.261 e. The van der Waals surface area contributed by atoms with Crippen molar-refractivity contribution < 1.29 is 38.4 Å². The highest BCUT2D eigenvalue weighted by Gasteiger charge is 2.44. The molecular formula is C91H147N3O8. The molecule has 11 nitrogen and oxygen atoms in total. The van der Waals surface area contributed by atoms with Gasteiger partial charge < -0.3 is 0 Å². The van der Waals surface area contributed by atoms with Gasteiger partial charge in [0.05, 0.1) is 17.0 Å². The molecule has 0 radical (unpaired) electrons. The van der Waals surface area contributed by atoms with Crippen molar-refractivity contribution in [1.29, 1.82) is 0 Å². The number of imide groups is 3. The van der Waals surface area contributed by atoms with Crippen LogP contribution in [0.3, 0.4) is 0 Å². The zero-order chi connectivity index (χ0) is 72.5. The smallest absolute Gasteiger partial charge is 0.261 e. The molecule has 0 N–H and O–H groups in total. The zero-order valence-corrected chi connectivity index (χ0v) is 65.7. The van der Waals surface area contributed by atoms with Gasteiger partial charge >= 0.3 is 0 Å². The molecule has 574 valence electrons. The fraction of sp³-hybridized carbons (Fsp3) is 0.802. The third kappa shape index (κ3) is 27.7. The van der Waals surface area contributed by atoms with Crippen molar-refractivity contribution in [3.63, 3.8) is 0 Å². The van der Waals surface area contributed by atoms with Gasteiger partial charge in [-0.25, -0.2) is 0 Å². The Kier molecular flexibility index (Phi) is 41.0. The molecular weight excluding hydrogens is 1260 g/mol. The van der Waals surface area contributed by atoms with E-state index in [-0.39, 0.29) is 58.1 Å². The van der Waals surface area contributed by atoms with E-state index in [1.54, 1.807) is 12.1 Å². The quantitative estimate of drug-likeness (QED) is 0.0356. The number of Topliss-reactive ketones (excluding diaryl/α,β-unsaturated/α-hetero) is 2. The molecule has 11 heteroatoms. The van der Waals surface area contributed by atoms with Gasteiger partial charge in [0.1, 0.15) is 0 Å². The lowest BCUT2D eigenvalue weighted by Crippen LogP contribution is -2.35. The van der Waals surface area contributed by atoms with Gasteiger partial charge in [0.25, 0.3) is 35.4 Å². The number of rotatable bonds is 60. The fourth-order valence-electron chi connectivity index (χ4n) is 19.9. The van der Waals surface area contributed by atoms with Crippen LogP contribution in [-0.4, -0.2) is 81.3 Å². The second kappa shape index (κ2) is 49.4. The number of hydrogen-bond donors (Lipinski definition) is 0. The summed E-state index contributed by atoms with van der Waals surface area (Å²) in [5, 5.41) is 0. The number of ketones is 2. The summed E-state index contributed by atoms with van der Waals surface area (Å²) >= 11 is 0. The highest BCUT2D eigenvalue weighted by atomic mass is 16.2. The van der Waals surface area contributed by atoms with Crippen molar-refractivity contribution >= 4 is 47.0 Å². The van der Waals surface area contributed by atoms with Gasteiger partial charge in [0.15, 0.2) is 11.6 Å². The van der Waals surface area contributed by atoms with Gasteiger partial charge in [-0.3, -0.25) is 53.1 Å². The summed E-state index contributed by atoms with van der Waals surface area (Å²) < 4.78 is 0. The maximum atomic E-state index is 14.0. The summed E-state index contributed by atoms with van der Waals surface area (Å²) in [5.74, 6) is 4.32. The summed E-state index contributed by atoms with van der Waals surface area (Å²) in [6.07, 6.45) is 76.7. The van der Waals surface area contributed by atoms with E-state index in [0.717, 1.165) is 131 Å². The van der Waals surface area contributed by atoms with Crippen LogP contribution in [0.2, 0.25) is 0 Å². The largest absolute Gasteiger partial charge is 0.293 e. The fourth-order valence-corrected chi connectivity index (χ4v) is 19.9. The molecule has 1 aromatic carbocycles. The van der Waals surface area contributed by atoms with Gasteiger partial charge in [-0.2, -0.15) is 0 Å². The maximum absolute atomic E-state index is 14.0. The van der Waals surface area contributed by atoms with E-state index in [0.29, 0.717) is 37.2 Å². The lowest BCUT2D eigenvalue weighted by molar-refractivity contribution is -0.138. The molecule has 0 saturated heterocycles. The Morgan fingerprint density at radius 1 is 0.245 bits per heavy atom. The first kappa shape index (κ1) is 84.7. The SMILES string of the molecule is CCCCCCCCC1C(CCCCCC)CCC(CCCCCCCCN2C(=O)C=CC2=O)C1CCCCCCCCC1C(=O)c2cc3c(cc2C1=O)C(=O)N(CCCCCCCCC1CCC(CCCCCC)C(CCCCCCCC)C1CCCCCCCCN1C(=O)C=CC1=O)C3=O. The van der Waals surface area contributed by atoms with Crippen LogP contribution >= 0.6 is 0 Å². The van der Waals surface area contributed by atoms with E-state index in [1.165, 1.54) is 315 Å². The number of benzene rings is 1. The number of carbonyl (C=O) groups is 8. The minimum Gasteiger partial charge on any atom is -0.293 e. The van der Waals surface area contributed by atoms with Crippen molar-refractivity contribution in [2.45, 2.75) is 394 Å². The minimum absolute atomic E-state index is 0.168. The number of carbonyl (C=O) groups excluding carboxylic acids is 8. The molecule has 0 bridgehead atoms. The van der Waals surface area contributed by atoms with E-state index in [9.17, 15) is 38.4 Å². The molecule has 3 aliphatic heterocycles. The third-order valence-electron chi connectivity index (χ3n) is 25.9. The molecule has 7 rings (SSSR count). The summed E-state index contributed by atoms with van der Waals surface area (Å²) in [6, 6.07) is 3.16. The second-order valence-electron chi connectivity index (χ2n) is 33.4. The lowest BCUT2D eigenvalue weighted by Gasteiger charge is -2.44. The van der Waals surface area contributed by atoms with E-state index in [4.69, 9.17) is 0 Å². The Morgan fingerprint density at radius 2 is 0.461 bits per heavy atom. The molecule has 0 aromatic heterocycles. The van der Waals surface area contributed by atoms with Gasteiger partial charge in [0, 0.05) is 55.1 Å². The van der Waals surface area contributed by atoms with Crippen molar-refractivity contribution in [3.8, 4) is 0 Å². The van der Waals surface area contributed by atoms with Crippen LogP contribution in [0.4, 0.5) is 0 Å². The average molecular weight is 1410 g/mol. The molecule has 6 amide bonds. The molecule has 2 fully saturated rings. The minimum atomic E-state index is -0.721. The average Bonchev–Trinajstić information content (AvgIpc) is 1.58. The van der Waals surface area contributed by atoms with Gasteiger partial charge in [-0.15, -0.1) is 0 Å². The van der Waals surface area contributed by atoms with Crippen LogP contribution in [0, 0.1) is 53.3 Å². The standard InChI is InChI=1S/C91H147N3O8/c1-5-9-13-17-29-41-53-75-71(49-37-15-11-7-3)58-60-73(51-39-27-21-24-34-46-66-92-84(95)62-63-85(92)96)77(75)55-43-31-19-20-33-45-57-79-88(99)80-69-82-83(70-81(80)89(79)100)91(102)94(90(82)101)68-48-36-25-22-28-40-52-74-61-59-72(50-38-16-12-8-4)76(54-42-30-18-14-10-6-2)78(74)56-44-32-23-26-35-47-67-93-86(97)64-65-87(93)98/h62-65,69-79H,5-61,66-68H2,1-4H3. The lowest BCUT2D eigenvalue weighted by atomic mass is 9.61. The van der Waals surface area contributed by atoms with Crippen LogP contribution in [0.1, 0.15) is 435 Å². The Morgan fingerprint density at radius 3 is 0.735 bits per heavy atom. The first-order chi connectivity index (χ1) is 49.9. The summed E-state index contributed by atoms with van der Waals surface area (Å²) in [6.45, 7) is 10.7. The van der Waals surface area contributed by atoms with E-state index in [1.807, 2.05) is 0 Å². The Balaban J connectivity index is 0.810. The molecule has 0 spiro atoms. The highest BCUT2D eigenvalue weighted by molar-refractivity contribution is 6.30. The second-order valence-corrected chi connectivity index (χ2v) is 33.4. The van der Waals surface area contributed by atoms with Crippen LogP contribution in [0.25, 0.3) is 0 Å². The number of unbranched alkanes of at least 4 members (excludes halogenated alkanes) is 36. The van der Waals surface area contributed by atoms with Gasteiger partial charge in [0.2, 0.25) is 0 Å². The van der Waals surface area contributed by atoms with Crippen molar-refractivity contribution in [2.75, 3.05) is 19.6 Å². The van der Waals surface area contributed by atoms with Crippen LogP contribution in [0.15, 0.2) is 36.4 Å². The number of fused-ring (bicyclic) bond motifs is 2. The van der Waals surface area contributed by atoms with Crippen LogP contribution < -0.4 is 0 Å². The molecule has 3 heterocycles. The predicted molar refractivity (Wildman–Crippen MR) is 419 cm³/mol. The first-order valence-electron chi connectivity index (χ1n) is 44.1. The van der Waals surface area contributed by atoms with Crippen molar-refractivity contribution in [2.24, 2.45) is 53.3 Å². The Labute approximate surface area is 622 Å².